The smallest absolute Gasteiger partial charge is 0.308 e. The minimum Gasteiger partial charge on any atom is -0.481 e. The molecule has 0 aromatic carbocycles. The van der Waals surface area contributed by atoms with Gasteiger partial charge in [-0.3, -0.25) is 14.4 Å². The quantitative estimate of drug-likeness (QED) is 0.760. The van der Waals surface area contributed by atoms with Crippen molar-refractivity contribution in [2.45, 2.75) is 19.8 Å². The molecule has 7 heteroatoms. The van der Waals surface area contributed by atoms with Crippen LogP contribution in [0.2, 0.25) is 0 Å². The summed E-state index contributed by atoms with van der Waals surface area (Å²) in [7, 11) is 1.54. The van der Waals surface area contributed by atoms with Crippen LogP contribution in [0.25, 0.3) is 0 Å². The molecule has 2 amide bonds. The highest BCUT2D eigenvalue weighted by Crippen LogP contribution is 2.10. The first-order chi connectivity index (χ1) is 9.95. The van der Waals surface area contributed by atoms with Crippen LogP contribution in [0, 0.1) is 5.92 Å². The number of nitrogens with one attached hydrogen (secondary N) is 1. The fraction of sp³-hybridized carbons (Fsp3) is 0.500. The van der Waals surface area contributed by atoms with Crippen molar-refractivity contribution in [2.24, 2.45) is 5.92 Å². The van der Waals surface area contributed by atoms with E-state index in [1.165, 1.54) is 16.2 Å². The molecule has 1 heterocycles. The minimum atomic E-state index is -0.917. The zero-order valence-corrected chi connectivity index (χ0v) is 13.0. The van der Waals surface area contributed by atoms with Crippen LogP contribution < -0.4 is 5.32 Å². The zero-order chi connectivity index (χ0) is 15.8. The molecule has 2 N–H and O–H groups in total. The maximum Gasteiger partial charge on any atom is 0.308 e. The summed E-state index contributed by atoms with van der Waals surface area (Å²) in [6, 6.07) is 3.47. The Kier molecular flexibility index (Phi) is 6.87. The predicted molar refractivity (Wildman–Crippen MR) is 80.3 cm³/mol. The number of hydrogen-bond acceptors (Lipinski definition) is 4. The zero-order valence-electron chi connectivity index (χ0n) is 12.2. The molecule has 0 saturated carbocycles. The van der Waals surface area contributed by atoms with Crippen LogP contribution in [-0.4, -0.2) is 47.9 Å². The van der Waals surface area contributed by atoms with E-state index in [2.05, 4.69) is 5.32 Å². The predicted octanol–water partition coefficient (Wildman–Crippen LogP) is 1.44. The first-order valence-electron chi connectivity index (χ1n) is 6.74. The molecule has 6 nitrogen and oxygen atoms in total. The Labute approximate surface area is 127 Å². The Morgan fingerprint density at radius 2 is 2.14 bits per heavy atom. The second kappa shape index (κ2) is 8.41. The maximum absolute atomic E-state index is 12.0. The average molecular weight is 312 g/mol. The fourth-order valence-corrected chi connectivity index (χ4v) is 2.55. The van der Waals surface area contributed by atoms with Gasteiger partial charge in [0.1, 0.15) is 0 Å². The first kappa shape index (κ1) is 17.2. The van der Waals surface area contributed by atoms with E-state index in [1.807, 2.05) is 6.92 Å². The third-order valence-corrected chi connectivity index (χ3v) is 3.85. The Balaban J connectivity index is 2.42. The summed E-state index contributed by atoms with van der Waals surface area (Å²) < 4.78 is 0. The van der Waals surface area contributed by atoms with Crippen molar-refractivity contribution in [2.75, 3.05) is 20.1 Å². The Morgan fingerprint density at radius 3 is 2.67 bits per heavy atom. The minimum absolute atomic E-state index is 0.0863. The third kappa shape index (κ3) is 5.55. The Morgan fingerprint density at radius 1 is 1.43 bits per heavy atom. The number of carbonyl (C=O) groups excluding carboxylic acids is 2. The highest BCUT2D eigenvalue weighted by atomic mass is 32.1. The average Bonchev–Trinajstić information content (AvgIpc) is 2.96. The summed E-state index contributed by atoms with van der Waals surface area (Å²) in [4.78, 5) is 36.6. The monoisotopic (exact) mass is 312 g/mol. The summed E-state index contributed by atoms with van der Waals surface area (Å²) >= 11 is 1.31. The topological polar surface area (TPSA) is 86.7 Å². The molecule has 0 bridgehead atoms. The largest absolute Gasteiger partial charge is 0.481 e. The lowest BCUT2D eigenvalue weighted by Crippen LogP contribution is -2.40. The number of carbonyl (C=O) groups is 3. The molecule has 0 aliphatic heterocycles. The number of nitrogens with zero attached hydrogens (tertiary/aromatic N) is 1. The van der Waals surface area contributed by atoms with Crippen molar-refractivity contribution in [1.29, 1.82) is 0 Å². The number of amides is 2. The van der Waals surface area contributed by atoms with Gasteiger partial charge in [0.25, 0.3) is 5.91 Å². The van der Waals surface area contributed by atoms with E-state index in [9.17, 15) is 14.4 Å². The number of rotatable bonds is 8. The second-order valence-corrected chi connectivity index (χ2v) is 5.71. The number of aliphatic carboxylic acids is 1. The number of carboxylic acids is 1. The molecule has 116 valence electrons. The van der Waals surface area contributed by atoms with E-state index in [4.69, 9.17) is 5.11 Å². The van der Waals surface area contributed by atoms with Crippen LogP contribution >= 0.6 is 11.3 Å². The number of likely N-dealkylation sites (N-methyl/N-ethyl adjacent to an activating group) is 1. The van der Waals surface area contributed by atoms with E-state index < -0.39 is 11.9 Å². The van der Waals surface area contributed by atoms with Crippen LogP contribution in [0.1, 0.15) is 29.4 Å². The Hall–Kier alpha value is -1.89. The highest BCUT2D eigenvalue weighted by Gasteiger charge is 2.19. The first-order valence-corrected chi connectivity index (χ1v) is 7.62. The van der Waals surface area contributed by atoms with Gasteiger partial charge in [-0.15, -0.1) is 11.3 Å². The van der Waals surface area contributed by atoms with Gasteiger partial charge >= 0.3 is 5.97 Å². The molecule has 1 unspecified atom stereocenters. The molecule has 0 radical (unpaired) electrons. The van der Waals surface area contributed by atoms with Crippen LogP contribution in [0.3, 0.4) is 0 Å². The van der Waals surface area contributed by atoms with Gasteiger partial charge in [0.05, 0.1) is 17.3 Å². The van der Waals surface area contributed by atoms with Crippen LogP contribution in [-0.2, 0) is 9.59 Å². The van der Waals surface area contributed by atoms with Gasteiger partial charge in [-0.05, 0) is 17.9 Å². The van der Waals surface area contributed by atoms with Crippen molar-refractivity contribution >= 4 is 29.1 Å². The van der Waals surface area contributed by atoms with Gasteiger partial charge in [-0.25, -0.2) is 0 Å². The highest BCUT2D eigenvalue weighted by molar-refractivity contribution is 7.12. The van der Waals surface area contributed by atoms with Gasteiger partial charge in [0.15, 0.2) is 0 Å². The number of thiophene rings is 1. The van der Waals surface area contributed by atoms with Crippen molar-refractivity contribution in [1.82, 2.24) is 10.2 Å². The molecule has 0 aliphatic rings. The summed E-state index contributed by atoms with van der Waals surface area (Å²) in [5.41, 5.74) is 0. The molecule has 1 atom stereocenters. The van der Waals surface area contributed by atoms with Crippen molar-refractivity contribution in [3.63, 3.8) is 0 Å². The number of hydrogen-bond donors (Lipinski definition) is 2. The molecule has 1 aromatic rings. The molecule has 1 rings (SSSR count). The fourth-order valence-electron chi connectivity index (χ4n) is 1.83. The normalized spacial score (nSPS) is 11.7. The molecule has 0 spiro atoms. The van der Waals surface area contributed by atoms with E-state index in [-0.39, 0.29) is 24.9 Å². The van der Waals surface area contributed by atoms with Crippen molar-refractivity contribution in [3.8, 4) is 0 Å². The van der Waals surface area contributed by atoms with Crippen LogP contribution in [0.5, 0.6) is 0 Å². The lowest BCUT2D eigenvalue weighted by molar-refractivity contribution is -0.142. The van der Waals surface area contributed by atoms with E-state index in [0.717, 1.165) is 6.42 Å². The molecule has 21 heavy (non-hydrogen) atoms. The molecular weight excluding hydrogens is 292 g/mol. The van der Waals surface area contributed by atoms with E-state index >= 15 is 0 Å². The molecular formula is C14H20N2O4S. The molecule has 1 aromatic heterocycles. The summed E-state index contributed by atoms with van der Waals surface area (Å²) in [5.74, 6) is -2.08. The van der Waals surface area contributed by atoms with Crippen LogP contribution in [0.15, 0.2) is 17.5 Å². The van der Waals surface area contributed by atoms with Gasteiger partial charge in [0, 0.05) is 13.6 Å². The van der Waals surface area contributed by atoms with Gasteiger partial charge < -0.3 is 15.3 Å². The lowest BCUT2D eigenvalue weighted by atomic mass is 10.0. The van der Waals surface area contributed by atoms with Crippen molar-refractivity contribution in [3.05, 3.63) is 22.4 Å². The van der Waals surface area contributed by atoms with Gasteiger partial charge in [-0.2, -0.15) is 0 Å². The second-order valence-electron chi connectivity index (χ2n) is 4.77. The summed E-state index contributed by atoms with van der Waals surface area (Å²) in [6.45, 7) is 1.89. The van der Waals surface area contributed by atoms with E-state index in [0.29, 0.717) is 11.3 Å². The lowest BCUT2D eigenvalue weighted by Gasteiger charge is -2.17. The van der Waals surface area contributed by atoms with Gasteiger partial charge in [-0.1, -0.05) is 19.4 Å². The molecule has 0 saturated heterocycles. The molecule has 0 fully saturated rings. The number of carboxylic acid groups (broad SMARTS) is 1. The standard InChI is InChI=1S/C14H20N2O4S/c1-3-5-10(14(19)20)8-15-12(17)9-16(2)13(18)11-6-4-7-21-11/h4,6-7,10H,3,5,8-9H2,1-2H3,(H,15,17)(H,19,20). The van der Waals surface area contributed by atoms with Gasteiger partial charge in [0.2, 0.25) is 5.91 Å². The summed E-state index contributed by atoms with van der Waals surface area (Å²) in [6.07, 6.45) is 1.25. The van der Waals surface area contributed by atoms with Crippen molar-refractivity contribution < 1.29 is 19.5 Å². The SMILES string of the molecule is CCCC(CNC(=O)CN(C)C(=O)c1cccs1)C(=O)O. The molecule has 0 aliphatic carbocycles. The summed E-state index contributed by atoms with van der Waals surface area (Å²) in [5, 5.41) is 13.4. The third-order valence-electron chi connectivity index (χ3n) is 2.99. The van der Waals surface area contributed by atoms with E-state index in [1.54, 1.807) is 24.6 Å². The Bertz CT molecular complexity index is 487. The maximum atomic E-state index is 12.0. The van der Waals surface area contributed by atoms with Crippen LogP contribution in [0.4, 0.5) is 0 Å².